The van der Waals surface area contributed by atoms with Gasteiger partial charge in [0.05, 0.1) is 17.6 Å². The number of aromatic amines is 1. The molecule has 1 aliphatic carbocycles. The highest BCUT2D eigenvalue weighted by atomic mass is 16.5. The molecular formula is C37H51N3O. The topological polar surface area (TPSA) is 50.8 Å². The van der Waals surface area contributed by atoms with Crippen LogP contribution in [-0.4, -0.2) is 28.4 Å². The van der Waals surface area contributed by atoms with E-state index in [-0.39, 0.29) is 0 Å². The number of H-pyrrole nitrogens is 1. The van der Waals surface area contributed by atoms with Crippen molar-refractivity contribution in [1.82, 2.24) is 15.2 Å². The lowest BCUT2D eigenvalue weighted by Crippen LogP contribution is -2.03. The molecule has 1 atom stereocenters. The van der Waals surface area contributed by atoms with Crippen molar-refractivity contribution in [2.75, 3.05) is 13.2 Å². The summed E-state index contributed by atoms with van der Waals surface area (Å²) in [4.78, 5) is 4.69. The van der Waals surface area contributed by atoms with Crippen LogP contribution in [0.3, 0.4) is 0 Å². The molecule has 41 heavy (non-hydrogen) atoms. The first kappa shape index (κ1) is 32.3. The van der Waals surface area contributed by atoms with Crippen molar-refractivity contribution in [3.8, 4) is 11.4 Å². The standard InChI is InChI=1S/C37H51N3O/c1-6-15-31(19-11-12-27-41-26-8-3)18-9-10-20-32(16-7-2)34-22-14-21-33(25-24-29(34)4)35-28-38-40-37(35)36-23-13-17-30(5)39-36/h7,13-14,16-17,21-25,28,31H,4,6,8-12,15,18-20,26-27H2,1-3,5H3,(H,38,40)/b16-7-,22-14+,25-24-,33-21-,34-32+. The first-order valence-electron chi connectivity index (χ1n) is 15.7. The molecule has 1 unspecified atom stereocenters. The van der Waals surface area contributed by atoms with E-state index in [0.29, 0.717) is 0 Å². The van der Waals surface area contributed by atoms with Crippen LogP contribution in [0.5, 0.6) is 0 Å². The van der Waals surface area contributed by atoms with Gasteiger partial charge in [0.15, 0.2) is 0 Å². The summed E-state index contributed by atoms with van der Waals surface area (Å²) in [5.74, 6) is 0.842. The summed E-state index contributed by atoms with van der Waals surface area (Å²) >= 11 is 0. The van der Waals surface area contributed by atoms with Gasteiger partial charge in [0, 0.05) is 24.5 Å². The van der Waals surface area contributed by atoms with Crippen molar-refractivity contribution in [3.05, 3.63) is 101 Å². The van der Waals surface area contributed by atoms with Crippen LogP contribution in [0.4, 0.5) is 0 Å². The predicted octanol–water partition coefficient (Wildman–Crippen LogP) is 10.3. The Morgan fingerprint density at radius 2 is 1.83 bits per heavy atom. The third kappa shape index (κ3) is 10.6. The average molecular weight is 554 g/mol. The van der Waals surface area contributed by atoms with Crippen LogP contribution in [0.25, 0.3) is 17.0 Å². The monoisotopic (exact) mass is 553 g/mol. The van der Waals surface area contributed by atoms with E-state index >= 15 is 0 Å². The van der Waals surface area contributed by atoms with Gasteiger partial charge in [-0.1, -0.05) is 108 Å². The molecule has 0 fully saturated rings. The smallest absolute Gasteiger partial charge is 0.0912 e. The van der Waals surface area contributed by atoms with Gasteiger partial charge in [-0.25, -0.2) is 0 Å². The molecule has 2 aromatic rings. The molecule has 1 aliphatic rings. The Balaban J connectivity index is 1.64. The van der Waals surface area contributed by atoms with Gasteiger partial charge in [-0.3, -0.25) is 10.1 Å². The fraction of sp³-hybridized carbons (Fsp3) is 0.459. The number of hydrogen-bond donors (Lipinski definition) is 1. The van der Waals surface area contributed by atoms with Crippen LogP contribution in [0, 0.1) is 12.8 Å². The number of rotatable bonds is 17. The van der Waals surface area contributed by atoms with Gasteiger partial charge in [-0.2, -0.15) is 5.10 Å². The lowest BCUT2D eigenvalue weighted by Gasteiger charge is -2.17. The minimum Gasteiger partial charge on any atom is -0.381 e. The third-order valence-electron chi connectivity index (χ3n) is 7.66. The summed E-state index contributed by atoms with van der Waals surface area (Å²) in [6, 6.07) is 6.05. The quantitative estimate of drug-likeness (QED) is 0.198. The second kappa shape index (κ2) is 18.2. The van der Waals surface area contributed by atoms with Gasteiger partial charge in [-0.15, -0.1) is 0 Å². The summed E-state index contributed by atoms with van der Waals surface area (Å²) in [7, 11) is 0. The van der Waals surface area contributed by atoms with Crippen molar-refractivity contribution in [2.45, 2.75) is 91.9 Å². The summed E-state index contributed by atoms with van der Waals surface area (Å²) in [6.45, 7) is 14.9. The van der Waals surface area contributed by atoms with Crippen molar-refractivity contribution >= 4 is 5.57 Å². The number of aryl methyl sites for hydroxylation is 1. The first-order valence-corrected chi connectivity index (χ1v) is 15.7. The number of nitrogens with one attached hydrogen (secondary N) is 1. The van der Waals surface area contributed by atoms with Crippen molar-refractivity contribution in [2.24, 2.45) is 5.92 Å². The Bertz CT molecular complexity index is 1240. The van der Waals surface area contributed by atoms with Gasteiger partial charge in [0.2, 0.25) is 0 Å². The van der Waals surface area contributed by atoms with E-state index in [0.717, 1.165) is 65.8 Å². The van der Waals surface area contributed by atoms with Crippen LogP contribution in [0.2, 0.25) is 0 Å². The van der Waals surface area contributed by atoms with Gasteiger partial charge >= 0.3 is 0 Å². The largest absolute Gasteiger partial charge is 0.381 e. The molecule has 3 rings (SSSR count). The Hall–Kier alpha value is -3.24. The van der Waals surface area contributed by atoms with Crippen molar-refractivity contribution < 1.29 is 4.74 Å². The second-order valence-corrected chi connectivity index (χ2v) is 11.1. The molecule has 4 heteroatoms. The Morgan fingerprint density at radius 3 is 2.59 bits per heavy atom. The maximum absolute atomic E-state index is 5.67. The molecular weight excluding hydrogens is 502 g/mol. The van der Waals surface area contributed by atoms with E-state index in [4.69, 9.17) is 9.72 Å². The number of unbranched alkanes of at least 4 members (excludes halogenated alkanes) is 2. The highest BCUT2D eigenvalue weighted by Gasteiger charge is 2.14. The fourth-order valence-corrected chi connectivity index (χ4v) is 5.55. The van der Waals surface area contributed by atoms with Crippen molar-refractivity contribution in [1.29, 1.82) is 0 Å². The third-order valence-corrected chi connectivity index (χ3v) is 7.66. The van der Waals surface area contributed by atoms with Crippen LogP contribution in [0.15, 0.2) is 90.2 Å². The van der Waals surface area contributed by atoms with E-state index in [1.54, 1.807) is 0 Å². The number of aromatic nitrogens is 3. The van der Waals surface area contributed by atoms with Crippen LogP contribution in [0.1, 0.15) is 96.2 Å². The minimum atomic E-state index is 0.842. The predicted molar refractivity (Wildman–Crippen MR) is 176 cm³/mol. The molecule has 0 aliphatic heterocycles. The maximum Gasteiger partial charge on any atom is 0.0912 e. The van der Waals surface area contributed by atoms with E-state index in [2.05, 4.69) is 80.1 Å². The molecule has 2 heterocycles. The molecule has 0 amide bonds. The molecule has 0 spiro atoms. The van der Waals surface area contributed by atoms with Gasteiger partial charge in [0.1, 0.15) is 0 Å². The number of nitrogens with zero attached hydrogens (tertiary/aromatic N) is 2. The van der Waals surface area contributed by atoms with E-state index < -0.39 is 0 Å². The van der Waals surface area contributed by atoms with E-state index in [1.165, 1.54) is 62.5 Å². The molecule has 0 bridgehead atoms. The fourth-order valence-electron chi connectivity index (χ4n) is 5.55. The molecule has 220 valence electrons. The molecule has 1 N–H and O–H groups in total. The maximum atomic E-state index is 5.67. The number of hydrogen-bond acceptors (Lipinski definition) is 3. The Kier molecular flexibility index (Phi) is 14.4. The zero-order chi connectivity index (χ0) is 29.3. The zero-order valence-electron chi connectivity index (χ0n) is 25.9. The molecule has 0 aromatic carbocycles. The molecule has 0 saturated heterocycles. The average Bonchev–Trinajstić information content (AvgIpc) is 3.45. The molecule has 0 radical (unpaired) electrons. The van der Waals surface area contributed by atoms with Crippen LogP contribution >= 0.6 is 0 Å². The second-order valence-electron chi connectivity index (χ2n) is 11.1. The number of pyridine rings is 1. The summed E-state index contributed by atoms with van der Waals surface area (Å²) in [5, 5.41) is 7.48. The SMILES string of the molecule is C=C1\C=C/C(c2cn[nH]c2-c2cccc(C)n2)=C/C=C/C1=C(/C=C\C)CCCCC(CCC)CCCCOCCC. The van der Waals surface area contributed by atoms with Crippen LogP contribution < -0.4 is 0 Å². The van der Waals surface area contributed by atoms with Gasteiger partial charge < -0.3 is 4.74 Å². The Labute approximate surface area is 249 Å². The normalized spacial score (nSPS) is 18.5. The number of ether oxygens (including phenoxy) is 1. The molecule has 2 aromatic heterocycles. The van der Waals surface area contributed by atoms with E-state index in [1.807, 2.05) is 31.3 Å². The minimum absolute atomic E-state index is 0.842. The lowest BCUT2D eigenvalue weighted by atomic mass is 9.89. The van der Waals surface area contributed by atoms with Crippen LogP contribution in [-0.2, 0) is 4.74 Å². The number of allylic oxidation sites excluding steroid dienone is 11. The summed E-state index contributed by atoms with van der Waals surface area (Å²) < 4.78 is 5.67. The molecule has 0 saturated carbocycles. The molecule has 4 nitrogen and oxygen atoms in total. The van der Waals surface area contributed by atoms with Gasteiger partial charge in [0.25, 0.3) is 0 Å². The summed E-state index contributed by atoms with van der Waals surface area (Å²) in [6.07, 6.45) is 29.5. The Morgan fingerprint density at radius 1 is 1.00 bits per heavy atom. The van der Waals surface area contributed by atoms with Crippen molar-refractivity contribution in [3.63, 3.8) is 0 Å². The van der Waals surface area contributed by atoms with Gasteiger partial charge in [-0.05, 0) is 79.9 Å². The first-order chi connectivity index (χ1) is 20.1. The van der Waals surface area contributed by atoms with E-state index in [9.17, 15) is 0 Å². The summed E-state index contributed by atoms with van der Waals surface area (Å²) in [5.41, 5.74) is 8.55. The zero-order valence-corrected chi connectivity index (χ0v) is 25.9. The lowest BCUT2D eigenvalue weighted by molar-refractivity contribution is 0.129. The highest BCUT2D eigenvalue weighted by molar-refractivity contribution is 5.84. The highest BCUT2D eigenvalue weighted by Crippen LogP contribution is 2.31.